The van der Waals surface area contributed by atoms with Gasteiger partial charge < -0.3 is 10.1 Å². The van der Waals surface area contributed by atoms with Crippen LogP contribution in [-0.4, -0.2) is 48.2 Å². The third-order valence-electron chi connectivity index (χ3n) is 4.47. The average Bonchev–Trinajstić information content (AvgIpc) is 3.04. The van der Waals surface area contributed by atoms with Gasteiger partial charge in [0.1, 0.15) is 0 Å². The molecule has 1 unspecified atom stereocenters. The van der Waals surface area contributed by atoms with E-state index in [-0.39, 0.29) is 11.7 Å². The van der Waals surface area contributed by atoms with Gasteiger partial charge >= 0.3 is 0 Å². The van der Waals surface area contributed by atoms with Crippen molar-refractivity contribution >= 4 is 11.4 Å². The molecular formula is C15H20FN3O3. The van der Waals surface area contributed by atoms with Crippen LogP contribution in [0.3, 0.4) is 0 Å². The average molecular weight is 309 g/mol. The van der Waals surface area contributed by atoms with Crippen molar-refractivity contribution in [3.63, 3.8) is 0 Å². The number of anilines is 1. The van der Waals surface area contributed by atoms with Crippen LogP contribution >= 0.6 is 0 Å². The zero-order chi connectivity index (χ0) is 15.5. The van der Waals surface area contributed by atoms with E-state index in [4.69, 9.17) is 4.74 Å². The monoisotopic (exact) mass is 309 g/mol. The Balaban J connectivity index is 1.55. The summed E-state index contributed by atoms with van der Waals surface area (Å²) in [6.45, 7) is 3.60. The van der Waals surface area contributed by atoms with Crippen molar-refractivity contribution in [1.29, 1.82) is 0 Å². The van der Waals surface area contributed by atoms with Crippen LogP contribution in [0.4, 0.5) is 15.8 Å². The molecule has 0 aliphatic carbocycles. The summed E-state index contributed by atoms with van der Waals surface area (Å²) >= 11 is 0. The van der Waals surface area contributed by atoms with Crippen molar-refractivity contribution in [2.24, 2.45) is 0 Å². The van der Waals surface area contributed by atoms with Crippen LogP contribution in [0.1, 0.15) is 19.3 Å². The van der Waals surface area contributed by atoms with Gasteiger partial charge in [-0.1, -0.05) is 0 Å². The van der Waals surface area contributed by atoms with Crippen LogP contribution in [0.15, 0.2) is 18.2 Å². The molecule has 1 aromatic rings. The van der Waals surface area contributed by atoms with Gasteiger partial charge in [0.2, 0.25) is 0 Å². The fraction of sp³-hybridized carbons (Fsp3) is 0.600. The van der Waals surface area contributed by atoms with Gasteiger partial charge in [-0.25, -0.2) is 4.39 Å². The number of halogens is 1. The molecular weight excluding hydrogens is 289 g/mol. The van der Waals surface area contributed by atoms with Gasteiger partial charge in [0.15, 0.2) is 5.82 Å². The molecule has 7 heteroatoms. The number of hydrogen-bond donors (Lipinski definition) is 1. The number of nitrogens with one attached hydrogen (secondary N) is 1. The lowest BCUT2D eigenvalue weighted by molar-refractivity contribution is -0.385. The maximum Gasteiger partial charge on any atom is 0.272 e. The van der Waals surface area contributed by atoms with Crippen LogP contribution in [0.5, 0.6) is 0 Å². The molecule has 0 aromatic heterocycles. The van der Waals surface area contributed by atoms with E-state index >= 15 is 0 Å². The first-order valence-electron chi connectivity index (χ1n) is 7.66. The first-order valence-corrected chi connectivity index (χ1v) is 7.66. The quantitative estimate of drug-likeness (QED) is 0.683. The van der Waals surface area contributed by atoms with E-state index in [1.54, 1.807) is 0 Å². The molecule has 0 saturated carbocycles. The Morgan fingerprint density at radius 3 is 2.68 bits per heavy atom. The maximum atomic E-state index is 13.9. The van der Waals surface area contributed by atoms with Gasteiger partial charge in [0, 0.05) is 37.8 Å². The van der Waals surface area contributed by atoms with Crippen LogP contribution in [-0.2, 0) is 4.74 Å². The number of nitro benzene ring substituents is 1. The topological polar surface area (TPSA) is 67.6 Å². The molecule has 0 radical (unpaired) electrons. The molecule has 2 heterocycles. The van der Waals surface area contributed by atoms with E-state index in [2.05, 4.69) is 10.2 Å². The van der Waals surface area contributed by atoms with Crippen LogP contribution in [0, 0.1) is 15.9 Å². The Kier molecular flexibility index (Phi) is 4.54. The molecule has 2 aliphatic rings. The zero-order valence-corrected chi connectivity index (χ0v) is 12.3. The normalized spacial score (nSPS) is 23.6. The summed E-state index contributed by atoms with van der Waals surface area (Å²) in [5.41, 5.74) is 0.118. The minimum Gasteiger partial charge on any atom is -0.380 e. The summed E-state index contributed by atoms with van der Waals surface area (Å²) in [5.74, 6) is -0.569. The minimum atomic E-state index is -0.588. The number of piperidine rings is 1. The van der Waals surface area contributed by atoms with Crippen molar-refractivity contribution in [1.82, 2.24) is 4.90 Å². The van der Waals surface area contributed by atoms with Crippen molar-refractivity contribution in [2.75, 3.05) is 31.6 Å². The van der Waals surface area contributed by atoms with E-state index in [0.717, 1.165) is 51.6 Å². The second-order valence-corrected chi connectivity index (χ2v) is 5.89. The molecule has 1 atom stereocenters. The van der Waals surface area contributed by atoms with E-state index in [1.807, 2.05) is 0 Å². The standard InChI is InChI=1S/C15H20FN3O3/c16-14-9-12(19(20)21)1-2-15(14)17-11-3-6-18(7-4-11)13-5-8-22-10-13/h1-2,9,11,13,17H,3-8,10H2. The lowest BCUT2D eigenvalue weighted by Gasteiger charge is -2.36. The molecule has 2 saturated heterocycles. The second-order valence-electron chi connectivity index (χ2n) is 5.89. The number of ether oxygens (including phenoxy) is 1. The van der Waals surface area contributed by atoms with Gasteiger partial charge in [0.25, 0.3) is 5.69 Å². The van der Waals surface area contributed by atoms with E-state index in [0.29, 0.717) is 11.7 Å². The molecule has 1 N–H and O–H groups in total. The molecule has 0 bridgehead atoms. The highest BCUT2D eigenvalue weighted by atomic mass is 19.1. The SMILES string of the molecule is O=[N+]([O-])c1ccc(NC2CCN(C3CCOC3)CC2)c(F)c1. The van der Waals surface area contributed by atoms with Crippen molar-refractivity contribution in [3.05, 3.63) is 34.1 Å². The van der Waals surface area contributed by atoms with E-state index in [1.165, 1.54) is 12.1 Å². The highest BCUT2D eigenvalue weighted by Gasteiger charge is 2.27. The Morgan fingerprint density at radius 2 is 2.09 bits per heavy atom. The summed E-state index contributed by atoms with van der Waals surface area (Å²) < 4.78 is 19.3. The number of benzene rings is 1. The minimum absolute atomic E-state index is 0.203. The number of nitro groups is 1. The maximum absolute atomic E-state index is 13.9. The Bertz CT molecular complexity index is 541. The molecule has 3 rings (SSSR count). The lowest BCUT2D eigenvalue weighted by Crippen LogP contribution is -2.44. The van der Waals surface area contributed by atoms with Gasteiger partial charge in [0.05, 0.1) is 23.3 Å². The van der Waals surface area contributed by atoms with Crippen molar-refractivity contribution < 1.29 is 14.1 Å². The largest absolute Gasteiger partial charge is 0.380 e. The van der Waals surface area contributed by atoms with E-state index < -0.39 is 10.7 Å². The van der Waals surface area contributed by atoms with Gasteiger partial charge in [-0.2, -0.15) is 0 Å². The predicted molar refractivity (Wildman–Crippen MR) is 80.5 cm³/mol. The summed E-state index contributed by atoms with van der Waals surface area (Å²) in [6, 6.07) is 4.47. The third-order valence-corrected chi connectivity index (χ3v) is 4.47. The molecule has 1 aromatic carbocycles. The molecule has 0 amide bonds. The number of non-ortho nitro benzene ring substituents is 1. The van der Waals surface area contributed by atoms with E-state index in [9.17, 15) is 14.5 Å². The van der Waals surface area contributed by atoms with Crippen molar-refractivity contribution in [2.45, 2.75) is 31.3 Å². The molecule has 120 valence electrons. The predicted octanol–water partition coefficient (Wildman–Crippen LogP) is 2.40. The molecule has 22 heavy (non-hydrogen) atoms. The van der Waals surface area contributed by atoms with Crippen LogP contribution < -0.4 is 5.32 Å². The number of hydrogen-bond acceptors (Lipinski definition) is 5. The lowest BCUT2D eigenvalue weighted by atomic mass is 10.0. The number of likely N-dealkylation sites (tertiary alicyclic amines) is 1. The van der Waals surface area contributed by atoms with Gasteiger partial charge in [-0.3, -0.25) is 15.0 Å². The first-order chi connectivity index (χ1) is 10.6. The summed E-state index contributed by atoms with van der Waals surface area (Å²) in [7, 11) is 0. The fourth-order valence-corrected chi connectivity index (χ4v) is 3.17. The Hall–Kier alpha value is -1.73. The summed E-state index contributed by atoms with van der Waals surface area (Å²) in [6.07, 6.45) is 2.97. The Labute approximate surface area is 128 Å². The van der Waals surface area contributed by atoms with Crippen LogP contribution in [0.2, 0.25) is 0 Å². The Morgan fingerprint density at radius 1 is 1.32 bits per heavy atom. The molecule has 2 aliphatic heterocycles. The van der Waals surface area contributed by atoms with Crippen LogP contribution in [0.25, 0.3) is 0 Å². The highest BCUT2D eigenvalue weighted by Crippen LogP contribution is 2.24. The first kappa shape index (κ1) is 15.2. The highest BCUT2D eigenvalue weighted by molar-refractivity contribution is 5.50. The number of nitrogens with zero attached hydrogens (tertiary/aromatic N) is 2. The molecule has 0 spiro atoms. The molecule has 6 nitrogen and oxygen atoms in total. The number of rotatable bonds is 4. The van der Waals surface area contributed by atoms with Crippen molar-refractivity contribution in [3.8, 4) is 0 Å². The second kappa shape index (κ2) is 6.58. The summed E-state index contributed by atoms with van der Waals surface area (Å²) in [5, 5.41) is 13.8. The summed E-state index contributed by atoms with van der Waals surface area (Å²) in [4.78, 5) is 12.5. The van der Waals surface area contributed by atoms with Gasteiger partial charge in [-0.05, 0) is 25.3 Å². The fourth-order valence-electron chi connectivity index (χ4n) is 3.17. The third kappa shape index (κ3) is 3.36. The molecule has 2 fully saturated rings. The zero-order valence-electron chi connectivity index (χ0n) is 12.3. The van der Waals surface area contributed by atoms with Gasteiger partial charge in [-0.15, -0.1) is 0 Å². The smallest absolute Gasteiger partial charge is 0.272 e.